The molecule has 5 nitrogen and oxygen atoms in total. The number of benzene rings is 1. The van der Waals surface area contributed by atoms with Crippen LogP contribution in [0.15, 0.2) is 18.2 Å². The van der Waals surface area contributed by atoms with Crippen LogP contribution in [-0.2, 0) is 0 Å². The molecule has 1 aliphatic rings. The molecule has 0 aliphatic carbocycles. The molecular formula is C14H16N2O3. The van der Waals surface area contributed by atoms with E-state index in [1.165, 1.54) is 4.90 Å². The average molecular weight is 260 g/mol. The topological polar surface area (TPSA) is 62.6 Å². The van der Waals surface area contributed by atoms with Gasteiger partial charge in [-0.05, 0) is 24.6 Å². The second-order valence-corrected chi connectivity index (χ2v) is 4.24. The lowest BCUT2D eigenvalue weighted by Crippen LogP contribution is -2.32. The molecule has 2 rings (SSSR count). The molecular weight excluding hydrogens is 244 g/mol. The molecule has 0 bridgehead atoms. The molecule has 1 aromatic rings. The van der Waals surface area contributed by atoms with Crippen LogP contribution in [-0.4, -0.2) is 37.1 Å². The van der Waals surface area contributed by atoms with Gasteiger partial charge in [0.2, 0.25) is 0 Å². The fraction of sp³-hybridized carbons (Fsp3) is 0.429. The Labute approximate surface area is 112 Å². The summed E-state index contributed by atoms with van der Waals surface area (Å²) in [6.07, 6.45) is 0.817. The Bertz CT molecular complexity index is 508. The van der Waals surface area contributed by atoms with Crippen LogP contribution in [0.25, 0.3) is 0 Å². The number of nitrogens with zero attached hydrogens (tertiary/aromatic N) is 2. The number of hydrogen-bond donors (Lipinski definition) is 0. The van der Waals surface area contributed by atoms with Crippen molar-refractivity contribution in [2.24, 2.45) is 0 Å². The molecule has 5 heteroatoms. The van der Waals surface area contributed by atoms with E-state index in [-0.39, 0.29) is 12.5 Å². The molecule has 19 heavy (non-hydrogen) atoms. The van der Waals surface area contributed by atoms with Crippen molar-refractivity contribution < 1.29 is 14.3 Å². The summed E-state index contributed by atoms with van der Waals surface area (Å²) in [4.78, 5) is 13.8. The number of carbonyl (C=O) groups is 1. The van der Waals surface area contributed by atoms with Crippen molar-refractivity contribution in [3.05, 3.63) is 23.8 Å². The van der Waals surface area contributed by atoms with Gasteiger partial charge in [0.05, 0.1) is 6.07 Å². The first kappa shape index (κ1) is 13.2. The fourth-order valence-corrected chi connectivity index (χ4v) is 1.97. The van der Waals surface area contributed by atoms with E-state index in [4.69, 9.17) is 14.7 Å². The Kier molecular flexibility index (Phi) is 4.24. The minimum absolute atomic E-state index is 0.0983. The van der Waals surface area contributed by atoms with Crippen molar-refractivity contribution in [3.8, 4) is 17.6 Å². The van der Waals surface area contributed by atoms with Crippen molar-refractivity contribution in [2.75, 3.05) is 26.3 Å². The Morgan fingerprint density at radius 2 is 2.11 bits per heavy atom. The maximum atomic E-state index is 12.3. The van der Waals surface area contributed by atoms with Gasteiger partial charge >= 0.3 is 0 Å². The third-order valence-corrected chi connectivity index (χ3v) is 2.83. The largest absolute Gasteiger partial charge is 0.486 e. The van der Waals surface area contributed by atoms with Crippen molar-refractivity contribution >= 4 is 5.91 Å². The third-order valence-electron chi connectivity index (χ3n) is 2.83. The zero-order valence-corrected chi connectivity index (χ0v) is 10.9. The number of hydrogen-bond acceptors (Lipinski definition) is 4. The summed E-state index contributed by atoms with van der Waals surface area (Å²) in [5.74, 6) is 1.09. The monoisotopic (exact) mass is 260 g/mol. The second kappa shape index (κ2) is 6.10. The van der Waals surface area contributed by atoms with Crippen LogP contribution >= 0.6 is 0 Å². The molecule has 0 aromatic heterocycles. The van der Waals surface area contributed by atoms with Crippen LogP contribution in [0.2, 0.25) is 0 Å². The normalized spacial score (nSPS) is 12.6. The summed E-state index contributed by atoms with van der Waals surface area (Å²) < 4.78 is 10.9. The highest BCUT2D eigenvalue weighted by Gasteiger charge is 2.18. The molecule has 100 valence electrons. The van der Waals surface area contributed by atoms with E-state index in [2.05, 4.69) is 0 Å². The lowest BCUT2D eigenvalue weighted by Gasteiger charge is -2.21. The predicted molar refractivity (Wildman–Crippen MR) is 69.2 cm³/mol. The predicted octanol–water partition coefficient (Wildman–Crippen LogP) is 1.83. The highest BCUT2D eigenvalue weighted by atomic mass is 16.6. The van der Waals surface area contributed by atoms with Gasteiger partial charge < -0.3 is 14.4 Å². The smallest absolute Gasteiger partial charge is 0.254 e. The van der Waals surface area contributed by atoms with Gasteiger partial charge in [0.1, 0.15) is 19.8 Å². The van der Waals surface area contributed by atoms with Gasteiger partial charge in [-0.3, -0.25) is 4.79 Å². The van der Waals surface area contributed by atoms with Crippen LogP contribution in [0.5, 0.6) is 11.5 Å². The molecule has 0 saturated carbocycles. The molecule has 1 aliphatic heterocycles. The molecule has 0 unspecified atom stereocenters. The molecule has 0 N–H and O–H groups in total. The Hall–Kier alpha value is -2.22. The summed E-state index contributed by atoms with van der Waals surface area (Å²) in [5.41, 5.74) is 0.521. The zero-order valence-electron chi connectivity index (χ0n) is 10.9. The van der Waals surface area contributed by atoms with Gasteiger partial charge in [0, 0.05) is 12.1 Å². The number of carbonyl (C=O) groups excluding carboxylic acids is 1. The number of rotatable bonds is 4. The number of ether oxygens (including phenoxy) is 2. The number of nitriles is 1. The summed E-state index contributed by atoms with van der Waals surface area (Å²) >= 11 is 0. The number of fused-ring (bicyclic) bond motifs is 1. The van der Waals surface area contributed by atoms with Gasteiger partial charge in [-0.1, -0.05) is 6.92 Å². The molecule has 0 atom stereocenters. The maximum Gasteiger partial charge on any atom is 0.254 e. The molecule has 0 saturated heterocycles. The third kappa shape index (κ3) is 2.97. The zero-order chi connectivity index (χ0) is 13.7. The second-order valence-electron chi connectivity index (χ2n) is 4.24. The van der Waals surface area contributed by atoms with Crippen LogP contribution in [0, 0.1) is 11.3 Å². The van der Waals surface area contributed by atoms with Crippen LogP contribution < -0.4 is 9.47 Å². The Morgan fingerprint density at radius 3 is 2.79 bits per heavy atom. The first-order valence-corrected chi connectivity index (χ1v) is 6.32. The van der Waals surface area contributed by atoms with E-state index in [0.29, 0.717) is 36.8 Å². The van der Waals surface area contributed by atoms with E-state index in [9.17, 15) is 4.79 Å². The SMILES string of the molecule is CCCN(CC#N)C(=O)c1ccc2c(c1)OCCO2. The standard InChI is InChI=1S/C14H16N2O3/c1-2-6-16(7-5-15)14(17)11-3-4-12-13(10-11)19-9-8-18-12/h3-4,10H,2,6-9H2,1H3. The highest BCUT2D eigenvalue weighted by molar-refractivity contribution is 5.95. The van der Waals surface area contributed by atoms with Crippen LogP contribution in [0.1, 0.15) is 23.7 Å². The molecule has 1 heterocycles. The van der Waals surface area contributed by atoms with Gasteiger partial charge in [-0.25, -0.2) is 0 Å². The first-order chi connectivity index (χ1) is 9.26. The van der Waals surface area contributed by atoms with E-state index >= 15 is 0 Å². The minimum atomic E-state index is -0.152. The summed E-state index contributed by atoms with van der Waals surface area (Å²) in [7, 11) is 0. The van der Waals surface area contributed by atoms with Gasteiger partial charge in [0.15, 0.2) is 11.5 Å². The molecule has 0 spiro atoms. The summed E-state index contributed by atoms with van der Waals surface area (Å²) in [6.45, 7) is 3.65. The summed E-state index contributed by atoms with van der Waals surface area (Å²) in [5, 5.41) is 8.76. The average Bonchev–Trinajstić information content (AvgIpc) is 2.46. The highest BCUT2D eigenvalue weighted by Crippen LogP contribution is 2.31. The molecule has 1 amide bonds. The Balaban J connectivity index is 2.20. The quantitative estimate of drug-likeness (QED) is 0.775. The van der Waals surface area contributed by atoms with E-state index < -0.39 is 0 Å². The molecule has 0 fully saturated rings. The Morgan fingerprint density at radius 1 is 1.37 bits per heavy atom. The fourth-order valence-electron chi connectivity index (χ4n) is 1.97. The molecule has 1 aromatic carbocycles. The van der Waals surface area contributed by atoms with Crippen LogP contribution in [0.4, 0.5) is 0 Å². The van der Waals surface area contributed by atoms with Gasteiger partial charge in [0.25, 0.3) is 5.91 Å². The minimum Gasteiger partial charge on any atom is -0.486 e. The van der Waals surface area contributed by atoms with Crippen molar-refractivity contribution in [2.45, 2.75) is 13.3 Å². The van der Waals surface area contributed by atoms with Gasteiger partial charge in [-0.15, -0.1) is 0 Å². The van der Waals surface area contributed by atoms with Crippen molar-refractivity contribution in [1.29, 1.82) is 5.26 Å². The van der Waals surface area contributed by atoms with Gasteiger partial charge in [-0.2, -0.15) is 5.26 Å². The van der Waals surface area contributed by atoms with E-state index in [0.717, 1.165) is 6.42 Å². The van der Waals surface area contributed by atoms with Crippen molar-refractivity contribution in [1.82, 2.24) is 4.90 Å². The summed E-state index contributed by atoms with van der Waals surface area (Å²) in [6, 6.07) is 7.13. The first-order valence-electron chi connectivity index (χ1n) is 6.32. The maximum absolute atomic E-state index is 12.3. The van der Waals surface area contributed by atoms with Crippen molar-refractivity contribution in [3.63, 3.8) is 0 Å². The van der Waals surface area contributed by atoms with E-state index in [1.807, 2.05) is 13.0 Å². The molecule has 0 radical (unpaired) electrons. The lowest BCUT2D eigenvalue weighted by atomic mass is 10.1. The lowest BCUT2D eigenvalue weighted by molar-refractivity contribution is 0.0775. The van der Waals surface area contributed by atoms with Crippen LogP contribution in [0.3, 0.4) is 0 Å². The van der Waals surface area contributed by atoms with E-state index in [1.54, 1.807) is 18.2 Å². The number of amides is 1.